The number of carbonyl (C=O) groups excluding carboxylic acids is 2. The summed E-state index contributed by atoms with van der Waals surface area (Å²) in [6.45, 7) is 1.46. The number of hydrogen-bond acceptors (Lipinski definition) is 6. The standard InChI is InChI=1S/C23H18FN5O5/c1-12-19-18(20(28(2)22(12)33)26-16-9-4-3-8-15(16)24)21(32)27-23(34)29(19)14-7-5-6-13(10-14)25-17(31)11-30/h3-11,26H,1-2H3,(H,25,31)(H,27,32,34). The number of rotatable bonds is 5. The Kier molecular flexibility index (Phi) is 5.68. The van der Waals surface area contributed by atoms with Gasteiger partial charge in [0.25, 0.3) is 17.0 Å². The predicted molar refractivity (Wildman–Crippen MR) is 125 cm³/mol. The zero-order valence-corrected chi connectivity index (χ0v) is 18.0. The Bertz CT molecular complexity index is 1650. The monoisotopic (exact) mass is 463 g/mol. The Labute approximate surface area is 190 Å². The van der Waals surface area contributed by atoms with Crippen LogP contribution in [-0.4, -0.2) is 26.3 Å². The molecule has 10 nitrogen and oxygen atoms in total. The van der Waals surface area contributed by atoms with Crippen molar-refractivity contribution in [3.05, 3.63) is 91.1 Å². The van der Waals surface area contributed by atoms with Crippen molar-refractivity contribution in [3.8, 4) is 5.69 Å². The summed E-state index contributed by atoms with van der Waals surface area (Å²) in [6, 6.07) is 11.7. The summed E-state index contributed by atoms with van der Waals surface area (Å²) in [6.07, 6.45) is 0.1000. The highest BCUT2D eigenvalue weighted by atomic mass is 19.1. The Hall–Kier alpha value is -4.80. The van der Waals surface area contributed by atoms with Crippen molar-refractivity contribution < 1.29 is 14.0 Å². The maximum Gasteiger partial charge on any atom is 0.333 e. The largest absolute Gasteiger partial charge is 0.338 e. The second-order valence-electron chi connectivity index (χ2n) is 7.42. The van der Waals surface area contributed by atoms with Crippen LogP contribution >= 0.6 is 0 Å². The Morgan fingerprint density at radius 1 is 1.09 bits per heavy atom. The molecule has 2 heterocycles. The Morgan fingerprint density at radius 3 is 2.53 bits per heavy atom. The molecule has 4 rings (SSSR count). The normalized spacial score (nSPS) is 10.8. The number of carbonyl (C=O) groups is 2. The van der Waals surface area contributed by atoms with E-state index in [1.165, 1.54) is 56.4 Å². The van der Waals surface area contributed by atoms with Crippen LogP contribution in [0.1, 0.15) is 5.56 Å². The first-order valence-corrected chi connectivity index (χ1v) is 9.99. The van der Waals surface area contributed by atoms with Crippen molar-refractivity contribution in [3.63, 3.8) is 0 Å². The number of amides is 1. The average molecular weight is 463 g/mol. The van der Waals surface area contributed by atoms with E-state index < -0.39 is 28.5 Å². The van der Waals surface area contributed by atoms with E-state index >= 15 is 0 Å². The van der Waals surface area contributed by atoms with E-state index in [2.05, 4.69) is 15.6 Å². The van der Waals surface area contributed by atoms with Crippen molar-refractivity contribution in [1.82, 2.24) is 14.1 Å². The molecule has 0 unspecified atom stereocenters. The number of aromatic amines is 1. The van der Waals surface area contributed by atoms with Crippen molar-refractivity contribution in [2.24, 2.45) is 7.05 Å². The number of H-pyrrole nitrogens is 1. The molecule has 0 spiro atoms. The summed E-state index contributed by atoms with van der Waals surface area (Å²) >= 11 is 0. The minimum absolute atomic E-state index is 0.00885. The van der Waals surface area contributed by atoms with Gasteiger partial charge >= 0.3 is 5.69 Å². The average Bonchev–Trinajstić information content (AvgIpc) is 2.81. The molecule has 0 aliphatic rings. The molecule has 0 bridgehead atoms. The third-order valence-electron chi connectivity index (χ3n) is 5.27. The highest BCUT2D eigenvalue weighted by Crippen LogP contribution is 2.26. The number of fused-ring (bicyclic) bond motifs is 1. The van der Waals surface area contributed by atoms with Gasteiger partial charge in [0.1, 0.15) is 17.0 Å². The summed E-state index contributed by atoms with van der Waals surface area (Å²) in [5.41, 5.74) is -1.57. The molecule has 0 radical (unpaired) electrons. The quantitative estimate of drug-likeness (QED) is 0.305. The van der Waals surface area contributed by atoms with Crippen LogP contribution in [-0.2, 0) is 16.6 Å². The number of pyridine rings is 1. The molecule has 2 aromatic heterocycles. The predicted octanol–water partition coefficient (Wildman–Crippen LogP) is 1.71. The molecule has 34 heavy (non-hydrogen) atoms. The number of halogens is 1. The summed E-state index contributed by atoms with van der Waals surface area (Å²) in [5.74, 6) is -1.51. The van der Waals surface area contributed by atoms with Gasteiger partial charge in [-0.25, -0.2) is 9.18 Å². The van der Waals surface area contributed by atoms with Crippen LogP contribution in [0.25, 0.3) is 16.6 Å². The van der Waals surface area contributed by atoms with Gasteiger partial charge in [-0.2, -0.15) is 0 Å². The number of para-hydroxylation sites is 1. The molecule has 1 amide bonds. The fourth-order valence-corrected chi connectivity index (χ4v) is 3.71. The zero-order chi connectivity index (χ0) is 24.6. The molecule has 11 heteroatoms. The van der Waals surface area contributed by atoms with Gasteiger partial charge in [0.2, 0.25) is 6.29 Å². The summed E-state index contributed by atoms with van der Waals surface area (Å²) in [7, 11) is 1.42. The van der Waals surface area contributed by atoms with Crippen LogP contribution in [0.5, 0.6) is 0 Å². The van der Waals surface area contributed by atoms with Gasteiger partial charge in [-0.3, -0.25) is 33.3 Å². The number of hydrogen-bond donors (Lipinski definition) is 3. The van der Waals surface area contributed by atoms with E-state index in [1.807, 2.05) is 0 Å². The molecule has 0 fully saturated rings. The van der Waals surface area contributed by atoms with E-state index in [0.29, 0.717) is 0 Å². The van der Waals surface area contributed by atoms with Gasteiger partial charge in [0, 0.05) is 18.3 Å². The summed E-state index contributed by atoms with van der Waals surface area (Å²) < 4.78 is 16.6. The fraction of sp³-hybridized carbons (Fsp3) is 0.0870. The van der Waals surface area contributed by atoms with Crippen LogP contribution in [0, 0.1) is 12.7 Å². The third-order valence-corrected chi connectivity index (χ3v) is 5.27. The lowest BCUT2D eigenvalue weighted by atomic mass is 10.1. The number of benzene rings is 2. The van der Waals surface area contributed by atoms with Gasteiger partial charge in [-0.15, -0.1) is 0 Å². The lowest BCUT2D eigenvalue weighted by Gasteiger charge is -2.18. The molecule has 172 valence electrons. The molecule has 0 saturated heterocycles. The zero-order valence-electron chi connectivity index (χ0n) is 18.0. The number of aromatic nitrogens is 3. The van der Waals surface area contributed by atoms with Crippen LogP contribution in [0.2, 0.25) is 0 Å². The van der Waals surface area contributed by atoms with Crippen molar-refractivity contribution in [1.29, 1.82) is 0 Å². The van der Waals surface area contributed by atoms with Gasteiger partial charge in [0.15, 0.2) is 0 Å². The Morgan fingerprint density at radius 2 is 1.82 bits per heavy atom. The second kappa shape index (κ2) is 8.62. The lowest BCUT2D eigenvalue weighted by molar-refractivity contribution is -0.127. The van der Waals surface area contributed by atoms with E-state index in [-0.39, 0.29) is 45.6 Å². The van der Waals surface area contributed by atoms with Crippen LogP contribution in [0.3, 0.4) is 0 Å². The fourth-order valence-electron chi connectivity index (χ4n) is 3.71. The molecule has 0 saturated carbocycles. The molecule has 2 aromatic carbocycles. The topological polar surface area (TPSA) is 135 Å². The minimum Gasteiger partial charge on any atom is -0.338 e. The molecular formula is C23H18FN5O5. The smallest absolute Gasteiger partial charge is 0.333 e. The number of anilines is 3. The highest BCUT2D eigenvalue weighted by molar-refractivity contribution is 6.29. The first kappa shape index (κ1) is 22.4. The maximum atomic E-state index is 14.3. The van der Waals surface area contributed by atoms with E-state index in [0.717, 1.165) is 9.13 Å². The van der Waals surface area contributed by atoms with Crippen molar-refractivity contribution in [2.45, 2.75) is 6.92 Å². The van der Waals surface area contributed by atoms with Gasteiger partial charge in [-0.1, -0.05) is 18.2 Å². The second-order valence-corrected chi connectivity index (χ2v) is 7.42. The molecule has 0 aliphatic heterocycles. The number of nitrogens with zero attached hydrogens (tertiary/aromatic N) is 2. The molecule has 0 atom stereocenters. The molecule has 4 aromatic rings. The SMILES string of the molecule is Cc1c(=O)n(C)c(Nc2ccccc2F)c2c(=O)[nH]c(=O)n(-c3cccc(NC(=O)C=O)c3)c12. The number of aryl methyl sites for hydroxylation is 1. The first-order valence-electron chi connectivity index (χ1n) is 9.99. The molecule has 3 N–H and O–H groups in total. The molecule has 0 aliphatic carbocycles. The summed E-state index contributed by atoms with van der Waals surface area (Å²) in [5, 5.41) is 5.09. The van der Waals surface area contributed by atoms with Crippen LogP contribution in [0.4, 0.5) is 21.6 Å². The number of aldehydes is 1. The maximum absolute atomic E-state index is 14.3. The third kappa shape index (κ3) is 3.79. The van der Waals surface area contributed by atoms with Gasteiger partial charge in [-0.05, 0) is 37.3 Å². The van der Waals surface area contributed by atoms with Crippen molar-refractivity contribution >= 4 is 40.3 Å². The molecular weight excluding hydrogens is 445 g/mol. The van der Waals surface area contributed by atoms with E-state index in [4.69, 9.17) is 0 Å². The van der Waals surface area contributed by atoms with Crippen LogP contribution in [0.15, 0.2) is 62.9 Å². The Balaban J connectivity index is 2.07. The summed E-state index contributed by atoms with van der Waals surface area (Å²) in [4.78, 5) is 63.2. The first-order chi connectivity index (χ1) is 16.2. The van der Waals surface area contributed by atoms with E-state index in [1.54, 1.807) is 6.07 Å². The van der Waals surface area contributed by atoms with Crippen LogP contribution < -0.4 is 27.4 Å². The highest BCUT2D eigenvalue weighted by Gasteiger charge is 2.21. The van der Waals surface area contributed by atoms with Gasteiger partial charge in [0.05, 0.1) is 16.9 Å². The van der Waals surface area contributed by atoms with E-state index in [9.17, 15) is 28.4 Å². The van der Waals surface area contributed by atoms with Gasteiger partial charge < -0.3 is 10.6 Å². The van der Waals surface area contributed by atoms with Crippen molar-refractivity contribution in [2.75, 3.05) is 10.6 Å². The lowest BCUT2D eigenvalue weighted by Crippen LogP contribution is -2.34. The number of nitrogens with one attached hydrogen (secondary N) is 3. The minimum atomic E-state index is -0.891.